The summed E-state index contributed by atoms with van der Waals surface area (Å²) in [7, 11) is 0. The Morgan fingerprint density at radius 3 is 2.84 bits per heavy atom. The standard InChI is InChI=1S/C18H18ClFN8O2S/c19-11-1-2-13(20)14(9-11)24-18(29)28-7-5-27(6-8-28)15-16(26-31-25-15)30-10-12-3-4-22-17(21)23-12/h1-4,9H,5-8,10H2,(H,24,29)(H2,21,22,23). The Morgan fingerprint density at radius 1 is 1.26 bits per heavy atom. The van der Waals surface area contributed by atoms with Gasteiger partial charge in [-0.1, -0.05) is 11.6 Å². The number of hydrogen-bond acceptors (Lipinski definition) is 9. The molecule has 1 aliphatic heterocycles. The summed E-state index contributed by atoms with van der Waals surface area (Å²) in [6.45, 7) is 2.07. The number of benzene rings is 1. The Bertz CT molecular complexity index is 1080. The van der Waals surface area contributed by atoms with E-state index in [0.29, 0.717) is 48.6 Å². The van der Waals surface area contributed by atoms with E-state index in [2.05, 4.69) is 24.0 Å². The summed E-state index contributed by atoms with van der Waals surface area (Å²) < 4.78 is 28.1. The average Bonchev–Trinajstić information content (AvgIpc) is 3.24. The molecule has 3 heterocycles. The zero-order chi connectivity index (χ0) is 21.8. The number of nitrogens with zero attached hydrogens (tertiary/aromatic N) is 6. The van der Waals surface area contributed by atoms with Crippen LogP contribution in [0.2, 0.25) is 5.02 Å². The number of nitrogen functional groups attached to an aromatic ring is 1. The largest absolute Gasteiger partial charge is 0.468 e. The topological polar surface area (TPSA) is 122 Å². The van der Waals surface area contributed by atoms with Crippen LogP contribution in [0, 0.1) is 5.82 Å². The number of nitrogens with one attached hydrogen (secondary N) is 1. The second-order valence-corrected chi connectivity index (χ2v) is 7.58. The molecule has 0 saturated carbocycles. The maximum Gasteiger partial charge on any atom is 0.322 e. The van der Waals surface area contributed by atoms with Crippen LogP contribution in [0.25, 0.3) is 0 Å². The summed E-state index contributed by atoms with van der Waals surface area (Å²) in [4.78, 5) is 24.0. The minimum Gasteiger partial charge on any atom is -0.468 e. The van der Waals surface area contributed by atoms with Crippen molar-refractivity contribution < 1.29 is 13.9 Å². The summed E-state index contributed by atoms with van der Waals surface area (Å²) in [6, 6.07) is 5.32. The lowest BCUT2D eigenvalue weighted by molar-refractivity contribution is 0.207. The molecule has 10 nitrogen and oxygen atoms in total. The van der Waals surface area contributed by atoms with Gasteiger partial charge in [-0.15, -0.1) is 4.37 Å². The molecular formula is C18H18ClFN8O2S. The van der Waals surface area contributed by atoms with Crippen LogP contribution in [0.5, 0.6) is 5.88 Å². The van der Waals surface area contributed by atoms with Gasteiger partial charge < -0.3 is 25.6 Å². The first-order chi connectivity index (χ1) is 15.0. The summed E-state index contributed by atoms with van der Waals surface area (Å²) in [5.74, 6) is 0.621. The van der Waals surface area contributed by atoms with Crippen molar-refractivity contribution in [2.75, 3.05) is 42.1 Å². The molecule has 0 atom stereocenters. The molecule has 4 rings (SSSR count). The zero-order valence-corrected chi connectivity index (χ0v) is 17.7. The van der Waals surface area contributed by atoms with Gasteiger partial charge in [0.15, 0.2) is 0 Å². The maximum absolute atomic E-state index is 13.9. The molecule has 1 saturated heterocycles. The van der Waals surface area contributed by atoms with Gasteiger partial charge in [-0.3, -0.25) is 0 Å². The van der Waals surface area contributed by atoms with Crippen molar-refractivity contribution in [2.24, 2.45) is 0 Å². The molecule has 0 aliphatic carbocycles. The molecule has 1 fully saturated rings. The van der Waals surface area contributed by atoms with E-state index in [9.17, 15) is 9.18 Å². The number of carbonyl (C=O) groups excluding carboxylic acids is 1. The second kappa shape index (κ2) is 9.27. The molecule has 2 aromatic heterocycles. The third kappa shape index (κ3) is 5.09. The van der Waals surface area contributed by atoms with Crippen molar-refractivity contribution >= 4 is 46.8 Å². The van der Waals surface area contributed by atoms with Crippen molar-refractivity contribution in [2.45, 2.75) is 6.61 Å². The van der Waals surface area contributed by atoms with Gasteiger partial charge in [-0.25, -0.2) is 19.2 Å². The highest BCUT2D eigenvalue weighted by molar-refractivity contribution is 6.99. The number of hydrogen-bond donors (Lipinski definition) is 2. The minimum absolute atomic E-state index is 0.0460. The lowest BCUT2D eigenvalue weighted by Crippen LogP contribution is -2.50. The summed E-state index contributed by atoms with van der Waals surface area (Å²) >= 11 is 6.91. The third-order valence-electron chi connectivity index (χ3n) is 4.57. The smallest absolute Gasteiger partial charge is 0.322 e. The van der Waals surface area contributed by atoms with Crippen LogP contribution in [-0.4, -0.2) is 55.8 Å². The highest BCUT2D eigenvalue weighted by atomic mass is 35.5. The van der Waals surface area contributed by atoms with Gasteiger partial charge in [0.2, 0.25) is 11.8 Å². The highest BCUT2D eigenvalue weighted by Gasteiger charge is 2.26. The molecular weight excluding hydrogens is 447 g/mol. The number of urea groups is 1. The quantitative estimate of drug-likeness (QED) is 0.590. The molecule has 1 aliphatic rings. The molecule has 2 amide bonds. The highest BCUT2D eigenvalue weighted by Crippen LogP contribution is 2.27. The molecule has 3 N–H and O–H groups in total. The predicted molar refractivity (Wildman–Crippen MR) is 115 cm³/mol. The summed E-state index contributed by atoms with van der Waals surface area (Å²) in [6.07, 6.45) is 1.56. The van der Waals surface area contributed by atoms with Crippen molar-refractivity contribution in [1.29, 1.82) is 0 Å². The number of amides is 2. The van der Waals surface area contributed by atoms with E-state index >= 15 is 0 Å². The first-order valence-electron chi connectivity index (χ1n) is 9.28. The van der Waals surface area contributed by atoms with E-state index < -0.39 is 11.8 Å². The number of halogens is 2. The fraction of sp³-hybridized carbons (Fsp3) is 0.278. The fourth-order valence-electron chi connectivity index (χ4n) is 3.00. The second-order valence-electron chi connectivity index (χ2n) is 6.62. The number of rotatable bonds is 5. The Kier molecular flexibility index (Phi) is 6.28. The molecule has 13 heteroatoms. The number of nitrogens with two attached hydrogens (primary N) is 1. The van der Waals surface area contributed by atoms with Crippen molar-refractivity contribution in [1.82, 2.24) is 23.6 Å². The number of anilines is 3. The lowest BCUT2D eigenvalue weighted by Gasteiger charge is -2.34. The average molecular weight is 465 g/mol. The van der Waals surface area contributed by atoms with Crippen LogP contribution >= 0.6 is 23.3 Å². The van der Waals surface area contributed by atoms with E-state index in [1.807, 2.05) is 4.90 Å². The Balaban J connectivity index is 1.33. The first kappa shape index (κ1) is 21.0. The Labute approximate surface area is 186 Å². The molecule has 31 heavy (non-hydrogen) atoms. The van der Waals surface area contributed by atoms with Gasteiger partial charge in [-0.05, 0) is 24.3 Å². The lowest BCUT2D eigenvalue weighted by atomic mass is 10.3. The van der Waals surface area contributed by atoms with E-state index in [0.717, 1.165) is 11.7 Å². The van der Waals surface area contributed by atoms with E-state index in [-0.39, 0.29) is 18.2 Å². The van der Waals surface area contributed by atoms with Crippen molar-refractivity contribution in [3.8, 4) is 5.88 Å². The Hall–Kier alpha value is -3.25. The van der Waals surface area contributed by atoms with Crippen LogP contribution in [0.1, 0.15) is 5.69 Å². The van der Waals surface area contributed by atoms with E-state index in [1.54, 1.807) is 17.2 Å². The van der Waals surface area contributed by atoms with Gasteiger partial charge in [0.1, 0.15) is 12.4 Å². The minimum atomic E-state index is -0.544. The van der Waals surface area contributed by atoms with Gasteiger partial charge in [-0.2, -0.15) is 4.37 Å². The van der Waals surface area contributed by atoms with E-state index in [4.69, 9.17) is 22.1 Å². The monoisotopic (exact) mass is 464 g/mol. The van der Waals surface area contributed by atoms with Crippen LogP contribution in [0.4, 0.5) is 26.6 Å². The van der Waals surface area contributed by atoms with Crippen LogP contribution in [0.3, 0.4) is 0 Å². The van der Waals surface area contributed by atoms with Crippen LogP contribution in [0.15, 0.2) is 30.5 Å². The normalized spacial score (nSPS) is 13.9. The number of carbonyl (C=O) groups is 1. The van der Waals surface area contributed by atoms with Crippen LogP contribution in [-0.2, 0) is 6.61 Å². The molecule has 1 aromatic carbocycles. The van der Waals surface area contributed by atoms with Crippen molar-refractivity contribution in [3.05, 3.63) is 47.0 Å². The van der Waals surface area contributed by atoms with Gasteiger partial charge >= 0.3 is 6.03 Å². The van der Waals surface area contributed by atoms with Crippen LogP contribution < -0.4 is 20.7 Å². The Morgan fingerprint density at radius 2 is 2.06 bits per heavy atom. The van der Waals surface area contributed by atoms with Crippen molar-refractivity contribution in [3.63, 3.8) is 0 Å². The predicted octanol–water partition coefficient (Wildman–Crippen LogP) is 2.64. The number of ether oxygens (including phenoxy) is 1. The first-order valence-corrected chi connectivity index (χ1v) is 10.4. The molecule has 0 unspecified atom stereocenters. The third-order valence-corrected chi connectivity index (χ3v) is 5.30. The fourth-order valence-corrected chi connectivity index (χ4v) is 3.70. The number of piperazine rings is 1. The summed E-state index contributed by atoms with van der Waals surface area (Å²) in [5, 5.41) is 2.90. The molecule has 3 aromatic rings. The SMILES string of the molecule is Nc1nccc(COc2nsnc2N2CCN(C(=O)Nc3cc(Cl)ccc3F)CC2)n1. The molecule has 0 bridgehead atoms. The van der Waals surface area contributed by atoms with E-state index in [1.165, 1.54) is 18.2 Å². The zero-order valence-electron chi connectivity index (χ0n) is 16.2. The number of aromatic nitrogens is 4. The molecule has 162 valence electrons. The molecule has 0 radical (unpaired) electrons. The maximum atomic E-state index is 13.9. The van der Waals surface area contributed by atoms with Gasteiger partial charge in [0, 0.05) is 37.4 Å². The molecule has 0 spiro atoms. The van der Waals surface area contributed by atoms with Gasteiger partial charge in [0.05, 0.1) is 23.1 Å². The summed E-state index contributed by atoms with van der Waals surface area (Å²) in [5.41, 5.74) is 6.25. The van der Waals surface area contributed by atoms with Gasteiger partial charge in [0.25, 0.3) is 5.88 Å².